The molecule has 0 saturated heterocycles. The van der Waals surface area contributed by atoms with Gasteiger partial charge in [0.1, 0.15) is 11.9 Å². The van der Waals surface area contributed by atoms with E-state index in [4.69, 9.17) is 0 Å². The Morgan fingerprint density at radius 2 is 1.50 bits per heavy atom. The van der Waals surface area contributed by atoms with E-state index in [9.17, 15) is 18.8 Å². The highest BCUT2D eigenvalue weighted by atomic mass is 19.1. The fourth-order valence-electron chi connectivity index (χ4n) is 3.76. The molecule has 5 nitrogen and oxygen atoms in total. The predicted octanol–water partition coefficient (Wildman–Crippen LogP) is 4.04. The van der Waals surface area contributed by atoms with Crippen LogP contribution in [-0.4, -0.2) is 53.6 Å². The van der Waals surface area contributed by atoms with Gasteiger partial charge in [0.05, 0.1) is 12.5 Å². The van der Waals surface area contributed by atoms with Crippen molar-refractivity contribution in [1.29, 1.82) is 0 Å². The van der Waals surface area contributed by atoms with E-state index in [1.54, 1.807) is 26.2 Å². The van der Waals surface area contributed by atoms with Gasteiger partial charge in [-0.15, -0.1) is 0 Å². The van der Waals surface area contributed by atoms with Gasteiger partial charge < -0.3 is 9.80 Å². The summed E-state index contributed by atoms with van der Waals surface area (Å²) in [6, 6.07) is 14.0. The Kier molecular flexibility index (Phi) is 9.57. The molecule has 6 heteroatoms. The van der Waals surface area contributed by atoms with E-state index in [2.05, 4.69) is 0 Å². The van der Waals surface area contributed by atoms with E-state index in [1.165, 1.54) is 28.9 Å². The lowest BCUT2D eigenvalue weighted by molar-refractivity contribution is -0.146. The van der Waals surface area contributed by atoms with Gasteiger partial charge in [-0.05, 0) is 36.6 Å². The lowest BCUT2D eigenvalue weighted by Crippen LogP contribution is -2.53. The number of rotatable bonds is 11. The van der Waals surface area contributed by atoms with Crippen LogP contribution in [0.2, 0.25) is 0 Å². The fourth-order valence-corrected chi connectivity index (χ4v) is 3.76. The third-order valence-electron chi connectivity index (χ3n) is 5.80. The molecule has 32 heavy (non-hydrogen) atoms. The second-order valence-electron chi connectivity index (χ2n) is 8.23. The third-order valence-corrected chi connectivity index (χ3v) is 5.80. The molecular formula is C26H33FN2O3. The number of ketones is 1. The van der Waals surface area contributed by atoms with Crippen LogP contribution < -0.4 is 0 Å². The second kappa shape index (κ2) is 12.1. The summed E-state index contributed by atoms with van der Waals surface area (Å²) in [6.07, 6.45) is 2.76. The molecule has 2 rings (SSSR count). The van der Waals surface area contributed by atoms with Crippen LogP contribution in [0.15, 0.2) is 54.6 Å². The maximum absolute atomic E-state index is 13.5. The van der Waals surface area contributed by atoms with Crippen molar-refractivity contribution >= 4 is 17.6 Å². The summed E-state index contributed by atoms with van der Waals surface area (Å²) in [7, 11) is 3.25. The summed E-state index contributed by atoms with van der Waals surface area (Å²) in [6.45, 7) is 3.54. The first-order valence-corrected chi connectivity index (χ1v) is 11.1. The second-order valence-corrected chi connectivity index (χ2v) is 8.23. The summed E-state index contributed by atoms with van der Waals surface area (Å²) < 4.78 is 13.2. The topological polar surface area (TPSA) is 57.7 Å². The largest absolute Gasteiger partial charge is 0.334 e. The van der Waals surface area contributed by atoms with Crippen LogP contribution in [0.1, 0.15) is 44.2 Å². The van der Waals surface area contributed by atoms with Crippen molar-refractivity contribution in [3.05, 3.63) is 71.5 Å². The van der Waals surface area contributed by atoms with E-state index < -0.39 is 12.1 Å². The highest BCUT2D eigenvalue weighted by Crippen LogP contribution is 2.17. The molecule has 0 saturated carbocycles. The zero-order chi connectivity index (χ0) is 23.7. The summed E-state index contributed by atoms with van der Waals surface area (Å²) in [5, 5.41) is 0. The van der Waals surface area contributed by atoms with Crippen LogP contribution in [-0.2, 0) is 27.2 Å². The molecule has 0 aliphatic rings. The maximum Gasteiger partial charge on any atom is 0.246 e. The highest BCUT2D eigenvalue weighted by molar-refractivity contribution is 5.92. The first-order valence-electron chi connectivity index (χ1n) is 11.1. The first-order chi connectivity index (χ1) is 15.2. The zero-order valence-corrected chi connectivity index (χ0v) is 19.4. The molecule has 0 spiro atoms. The summed E-state index contributed by atoms with van der Waals surface area (Å²) in [5.74, 6) is -0.934. The quantitative estimate of drug-likeness (QED) is 0.530. The Labute approximate surface area is 190 Å². The molecule has 0 heterocycles. The number of likely N-dealkylation sites (N-methyl/N-ethyl adjacent to an activating group) is 2. The van der Waals surface area contributed by atoms with Gasteiger partial charge in [-0.3, -0.25) is 14.4 Å². The minimum atomic E-state index is -0.751. The van der Waals surface area contributed by atoms with E-state index in [0.717, 1.165) is 18.4 Å². The zero-order valence-electron chi connectivity index (χ0n) is 19.4. The van der Waals surface area contributed by atoms with Crippen molar-refractivity contribution < 1.29 is 18.8 Å². The average molecular weight is 441 g/mol. The minimum absolute atomic E-state index is 0.0606. The Balaban J connectivity index is 2.27. The Hall–Kier alpha value is -3.02. The van der Waals surface area contributed by atoms with Crippen molar-refractivity contribution in [1.82, 2.24) is 9.80 Å². The summed E-state index contributed by atoms with van der Waals surface area (Å²) >= 11 is 0. The number of unbranched alkanes of at least 4 members (excludes halogenated alkanes) is 1. The van der Waals surface area contributed by atoms with Crippen LogP contribution in [0.3, 0.4) is 0 Å². The van der Waals surface area contributed by atoms with Crippen LogP contribution in [0.4, 0.5) is 4.39 Å². The predicted molar refractivity (Wildman–Crippen MR) is 124 cm³/mol. The summed E-state index contributed by atoms with van der Waals surface area (Å²) in [4.78, 5) is 41.7. The maximum atomic E-state index is 13.5. The number of benzene rings is 2. The molecule has 172 valence electrons. The lowest BCUT2D eigenvalue weighted by atomic mass is 10.00. The van der Waals surface area contributed by atoms with Gasteiger partial charge >= 0.3 is 0 Å². The summed E-state index contributed by atoms with van der Waals surface area (Å²) in [5.41, 5.74) is 1.60. The van der Waals surface area contributed by atoms with Crippen molar-refractivity contribution in [3.8, 4) is 0 Å². The SMILES string of the molecule is CCCC[C@@H](C(C)=O)N(C)C(=O)[C@H](Cc1ccccc1)N(C)C(=O)Cc1ccc(F)cc1. The van der Waals surface area contributed by atoms with Crippen molar-refractivity contribution in [2.45, 2.75) is 58.0 Å². The Morgan fingerprint density at radius 3 is 2.06 bits per heavy atom. The average Bonchev–Trinajstić information content (AvgIpc) is 2.78. The molecule has 2 aromatic carbocycles. The lowest BCUT2D eigenvalue weighted by Gasteiger charge is -2.34. The van der Waals surface area contributed by atoms with Crippen LogP contribution in [0, 0.1) is 5.82 Å². The van der Waals surface area contributed by atoms with Gasteiger partial charge in [0.15, 0.2) is 5.78 Å². The molecule has 0 N–H and O–H groups in total. The molecule has 0 fully saturated rings. The van der Waals surface area contributed by atoms with Crippen LogP contribution >= 0.6 is 0 Å². The highest BCUT2D eigenvalue weighted by Gasteiger charge is 2.33. The van der Waals surface area contributed by atoms with Gasteiger partial charge in [0.2, 0.25) is 11.8 Å². The molecule has 2 aromatic rings. The Morgan fingerprint density at radius 1 is 0.875 bits per heavy atom. The third kappa shape index (κ3) is 7.01. The van der Waals surface area contributed by atoms with E-state index >= 15 is 0 Å². The minimum Gasteiger partial charge on any atom is -0.334 e. The molecule has 2 atom stereocenters. The number of hydrogen-bond donors (Lipinski definition) is 0. The molecule has 0 bridgehead atoms. The van der Waals surface area contributed by atoms with Gasteiger partial charge in [0, 0.05) is 20.5 Å². The molecule has 0 aliphatic carbocycles. The van der Waals surface area contributed by atoms with Gasteiger partial charge in [-0.25, -0.2) is 4.39 Å². The van der Waals surface area contributed by atoms with Gasteiger partial charge in [0.25, 0.3) is 0 Å². The Bertz CT molecular complexity index is 899. The smallest absolute Gasteiger partial charge is 0.246 e. The normalized spacial score (nSPS) is 12.7. The van der Waals surface area contributed by atoms with E-state index in [0.29, 0.717) is 18.4 Å². The van der Waals surface area contributed by atoms with Crippen molar-refractivity contribution in [3.63, 3.8) is 0 Å². The molecule has 0 aromatic heterocycles. The number of hydrogen-bond acceptors (Lipinski definition) is 3. The molecule has 2 amide bonds. The molecular weight excluding hydrogens is 407 g/mol. The number of carbonyl (C=O) groups is 3. The van der Waals surface area contributed by atoms with Crippen LogP contribution in [0.25, 0.3) is 0 Å². The fraction of sp³-hybridized carbons (Fsp3) is 0.423. The number of nitrogens with zero attached hydrogens (tertiary/aromatic N) is 2. The molecule has 0 unspecified atom stereocenters. The van der Waals surface area contributed by atoms with Crippen LogP contribution in [0.5, 0.6) is 0 Å². The number of Topliss-reactive ketones (excluding diaryl/α,β-unsaturated/α-hetero) is 1. The van der Waals surface area contributed by atoms with E-state index in [-0.39, 0.29) is 29.8 Å². The monoisotopic (exact) mass is 440 g/mol. The molecule has 0 radical (unpaired) electrons. The van der Waals surface area contributed by atoms with E-state index in [1.807, 2.05) is 37.3 Å². The number of amides is 2. The van der Waals surface area contributed by atoms with Crippen molar-refractivity contribution in [2.24, 2.45) is 0 Å². The number of carbonyl (C=O) groups excluding carboxylic acids is 3. The van der Waals surface area contributed by atoms with Crippen molar-refractivity contribution in [2.75, 3.05) is 14.1 Å². The molecule has 0 aliphatic heterocycles. The standard InChI is InChI=1S/C26H33FN2O3/c1-5-6-12-23(19(2)30)29(4)26(32)24(17-20-10-8-7-9-11-20)28(3)25(31)18-21-13-15-22(27)16-14-21/h7-11,13-16,23-24H,5-6,12,17-18H2,1-4H3/t23-,24-/m0/s1. The van der Waals surface area contributed by atoms with Gasteiger partial charge in [-0.1, -0.05) is 62.2 Å². The van der Waals surface area contributed by atoms with Gasteiger partial charge in [-0.2, -0.15) is 0 Å². The first kappa shape index (κ1) is 25.2. The number of halogens is 1.